The van der Waals surface area contributed by atoms with Crippen LogP contribution in [0.2, 0.25) is 0 Å². The minimum atomic E-state index is -0.393. The van der Waals surface area contributed by atoms with E-state index < -0.39 is 5.56 Å². The Morgan fingerprint density at radius 3 is 2.63 bits per heavy atom. The van der Waals surface area contributed by atoms with Gasteiger partial charge in [-0.15, -0.1) is 0 Å². The number of amides is 1. The first-order valence-electron chi connectivity index (χ1n) is 8.98. The Morgan fingerprint density at radius 2 is 2.00 bits per heavy atom. The number of halogens is 1. The largest absolute Gasteiger partial charge is 0.352 e. The van der Waals surface area contributed by atoms with Crippen LogP contribution in [0.5, 0.6) is 0 Å². The molecular formula is C19H20FN5O2. The van der Waals surface area contributed by atoms with Gasteiger partial charge in [0.2, 0.25) is 5.91 Å². The molecule has 0 saturated heterocycles. The summed E-state index contributed by atoms with van der Waals surface area (Å²) in [5.41, 5.74) is 1.33. The molecule has 7 nitrogen and oxygen atoms in total. The van der Waals surface area contributed by atoms with Gasteiger partial charge >= 0.3 is 0 Å². The van der Waals surface area contributed by atoms with E-state index in [-0.39, 0.29) is 30.2 Å². The minimum Gasteiger partial charge on any atom is -0.352 e. The van der Waals surface area contributed by atoms with Crippen molar-refractivity contribution in [3.63, 3.8) is 0 Å². The van der Waals surface area contributed by atoms with E-state index in [0.717, 1.165) is 18.5 Å². The van der Waals surface area contributed by atoms with E-state index in [1.165, 1.54) is 21.5 Å². The van der Waals surface area contributed by atoms with E-state index in [4.69, 9.17) is 0 Å². The van der Waals surface area contributed by atoms with Crippen LogP contribution in [-0.4, -0.2) is 31.5 Å². The van der Waals surface area contributed by atoms with Gasteiger partial charge in [0.25, 0.3) is 5.56 Å². The van der Waals surface area contributed by atoms with Crippen molar-refractivity contribution in [2.24, 2.45) is 0 Å². The van der Waals surface area contributed by atoms with Crippen LogP contribution in [0.3, 0.4) is 0 Å². The molecule has 8 heteroatoms. The molecule has 1 aromatic carbocycles. The Bertz CT molecular complexity index is 1060. The van der Waals surface area contributed by atoms with Crippen LogP contribution in [0, 0.1) is 5.82 Å². The van der Waals surface area contributed by atoms with Crippen molar-refractivity contribution < 1.29 is 9.18 Å². The number of nitrogens with zero attached hydrogens (tertiary/aromatic N) is 4. The number of benzene rings is 1. The molecule has 0 aliphatic heterocycles. The first-order valence-corrected chi connectivity index (χ1v) is 8.98. The number of carbonyl (C=O) groups is 1. The monoisotopic (exact) mass is 369 g/mol. The van der Waals surface area contributed by atoms with Gasteiger partial charge in [-0.3, -0.25) is 9.59 Å². The third-order valence-corrected chi connectivity index (χ3v) is 4.49. The lowest BCUT2D eigenvalue weighted by atomic mass is 10.2. The number of rotatable bonds is 5. The Morgan fingerprint density at radius 1 is 1.30 bits per heavy atom. The summed E-state index contributed by atoms with van der Waals surface area (Å²) in [5, 5.41) is 12.3. The molecule has 0 spiro atoms. The first-order chi connectivity index (χ1) is 12.9. The number of aromatic nitrogens is 4. The van der Waals surface area contributed by atoms with Gasteiger partial charge in [0.15, 0.2) is 0 Å². The Balaban J connectivity index is 1.86. The highest BCUT2D eigenvalue weighted by atomic mass is 19.1. The number of hydrogen-bond acceptors (Lipinski definition) is 4. The lowest BCUT2D eigenvalue weighted by molar-refractivity contribution is -0.122. The fourth-order valence-corrected chi connectivity index (χ4v) is 3.14. The van der Waals surface area contributed by atoms with Crippen LogP contribution in [0.4, 0.5) is 4.39 Å². The highest BCUT2D eigenvalue weighted by Gasteiger charge is 2.30. The van der Waals surface area contributed by atoms with Crippen molar-refractivity contribution in [2.45, 2.75) is 45.2 Å². The van der Waals surface area contributed by atoms with Crippen LogP contribution in [-0.2, 0) is 11.3 Å². The maximum Gasteiger partial charge on any atom is 0.293 e. The average molecular weight is 369 g/mol. The van der Waals surface area contributed by atoms with Crippen LogP contribution < -0.4 is 10.9 Å². The molecule has 2 aromatic heterocycles. The lowest BCUT2D eigenvalue weighted by Crippen LogP contribution is -2.37. The molecule has 1 aliphatic rings. The summed E-state index contributed by atoms with van der Waals surface area (Å²) in [6, 6.07) is 5.74. The van der Waals surface area contributed by atoms with E-state index in [0.29, 0.717) is 16.6 Å². The second kappa shape index (κ2) is 6.61. The van der Waals surface area contributed by atoms with Gasteiger partial charge < -0.3 is 5.32 Å². The standard InChI is InChI=1S/C19H20FN5O2/c1-11(2)22-16(26)10-24-19(27)18-15(17(23-24)12-3-4-12)9-21-25(18)14-7-5-13(20)6-8-14/h5-9,11-12H,3-4,10H2,1-2H3,(H,22,26). The Labute approximate surface area is 154 Å². The Kier molecular flexibility index (Phi) is 4.25. The van der Waals surface area contributed by atoms with Crippen molar-refractivity contribution in [1.29, 1.82) is 0 Å². The summed E-state index contributed by atoms with van der Waals surface area (Å²) < 4.78 is 16.0. The van der Waals surface area contributed by atoms with Crippen molar-refractivity contribution in [3.05, 3.63) is 52.3 Å². The summed E-state index contributed by atoms with van der Waals surface area (Å²) in [6.45, 7) is 3.56. The number of carbonyl (C=O) groups excluding carboxylic acids is 1. The van der Waals surface area contributed by atoms with Crippen LogP contribution >= 0.6 is 0 Å². The SMILES string of the molecule is CC(C)NC(=O)Cn1nc(C2CC2)c2cnn(-c3ccc(F)cc3)c2c1=O. The zero-order valence-electron chi connectivity index (χ0n) is 15.1. The highest BCUT2D eigenvalue weighted by molar-refractivity contribution is 5.83. The van der Waals surface area contributed by atoms with Gasteiger partial charge in [0.05, 0.1) is 17.6 Å². The topological polar surface area (TPSA) is 81.8 Å². The quantitative estimate of drug-likeness (QED) is 0.747. The van der Waals surface area contributed by atoms with Crippen molar-refractivity contribution in [3.8, 4) is 5.69 Å². The van der Waals surface area contributed by atoms with Gasteiger partial charge in [-0.25, -0.2) is 13.8 Å². The molecule has 1 aliphatic carbocycles. The van der Waals surface area contributed by atoms with Crippen LogP contribution in [0.25, 0.3) is 16.6 Å². The first kappa shape index (κ1) is 17.4. The second-order valence-corrected chi connectivity index (χ2v) is 7.14. The maximum absolute atomic E-state index is 13.3. The zero-order chi connectivity index (χ0) is 19.1. The predicted molar refractivity (Wildman–Crippen MR) is 98.3 cm³/mol. The molecule has 0 unspecified atom stereocenters. The van der Waals surface area contributed by atoms with Crippen molar-refractivity contribution in [2.75, 3.05) is 0 Å². The molecule has 0 atom stereocenters. The summed E-state index contributed by atoms with van der Waals surface area (Å²) in [5.74, 6) is -0.356. The number of nitrogens with one attached hydrogen (secondary N) is 1. The molecule has 0 radical (unpaired) electrons. The van der Waals surface area contributed by atoms with Crippen LogP contribution in [0.1, 0.15) is 38.3 Å². The van der Waals surface area contributed by atoms with Crippen LogP contribution in [0.15, 0.2) is 35.3 Å². The van der Waals surface area contributed by atoms with Gasteiger partial charge in [0, 0.05) is 17.3 Å². The third-order valence-electron chi connectivity index (χ3n) is 4.49. The molecule has 4 rings (SSSR count). The fraction of sp³-hybridized carbons (Fsp3) is 0.368. The predicted octanol–water partition coefficient (Wildman–Crippen LogP) is 2.12. The molecule has 1 saturated carbocycles. The molecule has 2 heterocycles. The molecule has 0 bridgehead atoms. The van der Waals surface area contributed by atoms with E-state index in [2.05, 4.69) is 15.5 Å². The molecule has 1 N–H and O–H groups in total. The molecule has 1 amide bonds. The van der Waals surface area contributed by atoms with Gasteiger partial charge in [-0.2, -0.15) is 10.2 Å². The Hall–Kier alpha value is -3.03. The highest BCUT2D eigenvalue weighted by Crippen LogP contribution is 2.41. The van der Waals surface area contributed by atoms with Gasteiger partial charge in [-0.05, 0) is 51.0 Å². The molecule has 3 aromatic rings. The summed E-state index contributed by atoms with van der Waals surface area (Å²) in [6.07, 6.45) is 3.62. The normalized spacial score (nSPS) is 14.1. The molecule has 27 heavy (non-hydrogen) atoms. The number of fused-ring (bicyclic) bond motifs is 1. The molecule has 1 fully saturated rings. The summed E-state index contributed by atoms with van der Waals surface area (Å²) >= 11 is 0. The zero-order valence-corrected chi connectivity index (χ0v) is 15.1. The van der Waals surface area contributed by atoms with Crippen molar-refractivity contribution >= 4 is 16.8 Å². The third kappa shape index (κ3) is 3.34. The minimum absolute atomic E-state index is 0.0235. The fourth-order valence-electron chi connectivity index (χ4n) is 3.14. The smallest absolute Gasteiger partial charge is 0.293 e. The summed E-state index contributed by atoms with van der Waals surface area (Å²) in [4.78, 5) is 25.2. The lowest BCUT2D eigenvalue weighted by Gasteiger charge is -2.11. The second-order valence-electron chi connectivity index (χ2n) is 7.14. The van der Waals surface area contributed by atoms with Crippen molar-refractivity contribution in [1.82, 2.24) is 24.9 Å². The molecular weight excluding hydrogens is 349 g/mol. The van der Waals surface area contributed by atoms with E-state index in [9.17, 15) is 14.0 Å². The average Bonchev–Trinajstić information content (AvgIpc) is 3.36. The van der Waals surface area contributed by atoms with E-state index in [1.54, 1.807) is 18.3 Å². The summed E-state index contributed by atoms with van der Waals surface area (Å²) in [7, 11) is 0. The van der Waals surface area contributed by atoms with Gasteiger partial charge in [0.1, 0.15) is 17.9 Å². The van der Waals surface area contributed by atoms with E-state index >= 15 is 0 Å². The van der Waals surface area contributed by atoms with Gasteiger partial charge in [-0.1, -0.05) is 0 Å². The molecule has 140 valence electrons. The maximum atomic E-state index is 13.3. The van der Waals surface area contributed by atoms with E-state index in [1.807, 2.05) is 13.8 Å². The number of hydrogen-bond donors (Lipinski definition) is 1.